The van der Waals surface area contributed by atoms with Gasteiger partial charge < -0.3 is 19.4 Å². The van der Waals surface area contributed by atoms with Crippen LogP contribution in [0.5, 0.6) is 0 Å². The molecule has 0 aliphatic rings. The summed E-state index contributed by atoms with van der Waals surface area (Å²) < 4.78 is 157. The Morgan fingerprint density at radius 1 is 0.625 bits per heavy atom. The molecule has 0 amide bonds. The third-order valence-electron chi connectivity index (χ3n) is 10.2. The fourth-order valence-electron chi connectivity index (χ4n) is 7.08. The van der Waals surface area contributed by atoms with Crippen molar-refractivity contribution in [3.8, 4) is 39.8 Å². The second kappa shape index (κ2) is 19.9. The van der Waals surface area contributed by atoms with Crippen LogP contribution in [0.15, 0.2) is 144 Å². The van der Waals surface area contributed by atoms with Gasteiger partial charge in [0.05, 0.1) is 20.0 Å². The monoisotopic (exact) mass is 1030 g/mol. The van der Waals surface area contributed by atoms with Gasteiger partial charge in [-0.3, -0.25) is 0 Å². The number of hydrogen-bond acceptors (Lipinski definition) is 5. The molecule has 0 fully saturated rings. The van der Waals surface area contributed by atoms with E-state index in [1.807, 2.05) is 6.07 Å². The first kappa shape index (κ1) is 28.3. The van der Waals surface area contributed by atoms with Crippen LogP contribution in [-0.4, -0.2) is 15.0 Å². The van der Waals surface area contributed by atoms with Crippen LogP contribution in [0.1, 0.15) is 111 Å². The molecular formula is C58H49IrN4O. The fraction of sp³-hybridized carbons (Fsp3) is 0.207. The van der Waals surface area contributed by atoms with Crippen LogP contribution < -0.4 is 0 Å². The molecule has 64 heavy (non-hydrogen) atoms. The van der Waals surface area contributed by atoms with E-state index in [1.165, 1.54) is 58.0 Å². The first-order valence-electron chi connectivity index (χ1n) is 28.1. The maximum Gasteiger partial charge on any atom is 3.00 e. The summed E-state index contributed by atoms with van der Waals surface area (Å²) in [6, 6.07) is 37.1. The Hall–Kier alpha value is -6.51. The zero-order valence-electron chi connectivity index (χ0n) is 51.2. The van der Waals surface area contributed by atoms with E-state index in [9.17, 15) is 21.7 Å². The van der Waals surface area contributed by atoms with E-state index in [-0.39, 0.29) is 88.0 Å². The summed E-state index contributed by atoms with van der Waals surface area (Å²) in [5.74, 6) is -3.13. The van der Waals surface area contributed by atoms with E-state index >= 15 is 0 Å². The van der Waals surface area contributed by atoms with Crippen molar-refractivity contribution in [3.05, 3.63) is 208 Å². The number of rotatable bonds is 14. The van der Waals surface area contributed by atoms with Gasteiger partial charge in [0.1, 0.15) is 5.58 Å². The van der Waals surface area contributed by atoms with E-state index in [0.29, 0.717) is 33.3 Å². The van der Waals surface area contributed by atoms with Gasteiger partial charge in [0.25, 0.3) is 0 Å². The molecule has 0 saturated carbocycles. The number of fused-ring (bicyclic) bond motifs is 3. The first-order valence-corrected chi connectivity index (χ1v) is 20.1. The summed E-state index contributed by atoms with van der Waals surface area (Å²) in [6.45, 7) is 5.95. The quantitative estimate of drug-likeness (QED) is 0.101. The third-order valence-corrected chi connectivity index (χ3v) is 10.2. The van der Waals surface area contributed by atoms with Crippen LogP contribution in [0.25, 0.3) is 55.7 Å². The molecule has 6 heteroatoms. The Morgan fingerprint density at radius 3 is 1.70 bits per heavy atom. The number of aryl methyl sites for hydroxylation is 6. The molecule has 316 valence electrons. The molecule has 0 N–H and O–H groups in total. The molecule has 0 aliphatic carbocycles. The van der Waals surface area contributed by atoms with Gasteiger partial charge in [-0.2, -0.15) is 5.26 Å². The van der Waals surface area contributed by atoms with Gasteiger partial charge in [0.15, 0.2) is 0 Å². The standard InChI is InChI=1S/C58H49N4O.Ir/c1-38(2)52-32-55(45-12-7-5-8-13-45)61-36-47(52)24-20-42-28-41(29-43(30-42)21-25-48-37-62-56(33-53(48)39(3)4)46-14-9-6-10-15-46)19-18-40-23-27-54(60-35-40)51-17-11-16-50-49-26-22-44(34-59)31-57(49)63-58(50)51;/h5-12,14,16,22-23,26-33,35-39H,18-21,24-25H2,1-4H3;/q-3;+3/i18D2,19D2,20D2,21D2,22D,24D2,25D2,31D,38D,39D;. The maximum atomic E-state index is 9.70. The van der Waals surface area contributed by atoms with Gasteiger partial charge in [0, 0.05) is 43.2 Å². The van der Waals surface area contributed by atoms with Crippen molar-refractivity contribution in [1.82, 2.24) is 15.0 Å². The van der Waals surface area contributed by atoms with Crippen molar-refractivity contribution in [3.63, 3.8) is 0 Å². The van der Waals surface area contributed by atoms with Crippen LogP contribution in [-0.2, 0) is 58.3 Å². The smallest absolute Gasteiger partial charge is 0.501 e. The molecule has 4 heterocycles. The van der Waals surface area contributed by atoms with Crippen LogP contribution >= 0.6 is 0 Å². The molecule has 0 unspecified atom stereocenters. The van der Waals surface area contributed by atoms with Crippen LogP contribution in [0, 0.1) is 29.5 Å². The van der Waals surface area contributed by atoms with E-state index in [2.05, 4.69) is 33.2 Å². The minimum atomic E-state index is -3.29. The molecular weight excluding hydrogens is 961 g/mol. The molecule has 0 bridgehead atoms. The second-order valence-electron chi connectivity index (χ2n) is 15.1. The van der Waals surface area contributed by atoms with Crippen molar-refractivity contribution in [2.45, 2.75) is 77.7 Å². The Bertz CT molecular complexity index is 3730. The molecule has 5 aromatic carbocycles. The molecule has 9 aromatic rings. The molecule has 0 spiro atoms. The summed E-state index contributed by atoms with van der Waals surface area (Å²) in [4.78, 5) is 13.4. The predicted molar refractivity (Wildman–Crippen MR) is 254 cm³/mol. The average Bonchev–Trinajstić information content (AvgIpc) is 3.92. The van der Waals surface area contributed by atoms with Crippen molar-refractivity contribution in [1.29, 1.82) is 5.26 Å². The van der Waals surface area contributed by atoms with Gasteiger partial charge in [-0.05, 0) is 124 Å². The second-order valence-corrected chi connectivity index (χ2v) is 15.1. The van der Waals surface area contributed by atoms with Gasteiger partial charge in [-0.15, -0.1) is 90.0 Å². The van der Waals surface area contributed by atoms with E-state index in [0.717, 1.165) is 36.8 Å². The van der Waals surface area contributed by atoms with Crippen molar-refractivity contribution < 1.29 is 46.5 Å². The Kier molecular flexibility index (Phi) is 8.80. The van der Waals surface area contributed by atoms with Crippen molar-refractivity contribution in [2.24, 2.45) is 0 Å². The van der Waals surface area contributed by atoms with Gasteiger partial charge in [-0.1, -0.05) is 87.2 Å². The Morgan fingerprint density at radius 2 is 1.19 bits per heavy atom. The Balaban J connectivity index is 0.00000841. The molecule has 0 atom stereocenters. The van der Waals surface area contributed by atoms with Gasteiger partial charge >= 0.3 is 20.1 Å². The summed E-state index contributed by atoms with van der Waals surface area (Å²) in [5, 5.41) is 10.5. The van der Waals surface area contributed by atoms with Crippen molar-refractivity contribution in [2.75, 3.05) is 0 Å². The topological polar surface area (TPSA) is 75.6 Å². The predicted octanol–water partition coefficient (Wildman–Crippen LogP) is 13.6. The minimum absolute atomic E-state index is 0. The van der Waals surface area contributed by atoms with Crippen molar-refractivity contribution >= 4 is 21.9 Å². The van der Waals surface area contributed by atoms with Crippen LogP contribution in [0.2, 0.25) is 0 Å². The fourth-order valence-corrected chi connectivity index (χ4v) is 7.08. The summed E-state index contributed by atoms with van der Waals surface area (Å²) in [6.07, 6.45) is -16.0. The number of nitrogens with zero attached hydrogens (tertiary/aromatic N) is 4. The van der Waals surface area contributed by atoms with E-state index < -0.39 is 66.7 Å². The Labute approximate surface area is 413 Å². The van der Waals surface area contributed by atoms with Gasteiger partial charge in [-0.25, -0.2) is 0 Å². The molecule has 0 aliphatic heterocycles. The number of furan rings is 1. The summed E-state index contributed by atoms with van der Waals surface area (Å²) in [7, 11) is 0. The number of nitriles is 1. The number of benzene rings is 5. The normalized spacial score (nSPS) is 16.7. The van der Waals surface area contributed by atoms with Crippen LogP contribution in [0.4, 0.5) is 0 Å². The summed E-state index contributed by atoms with van der Waals surface area (Å²) >= 11 is 0. The van der Waals surface area contributed by atoms with E-state index in [1.54, 1.807) is 60.7 Å². The zero-order valence-corrected chi connectivity index (χ0v) is 37.5. The minimum Gasteiger partial charge on any atom is -0.501 e. The number of hydrogen-bond donors (Lipinski definition) is 0. The number of aromatic nitrogens is 3. The molecule has 4 aromatic heterocycles. The molecule has 5 nitrogen and oxygen atoms in total. The van der Waals surface area contributed by atoms with Crippen LogP contribution in [0.3, 0.4) is 0 Å². The number of pyridine rings is 3. The third kappa shape index (κ3) is 9.83. The van der Waals surface area contributed by atoms with Gasteiger partial charge in [0.2, 0.25) is 0 Å². The van der Waals surface area contributed by atoms with E-state index in [4.69, 9.17) is 9.90 Å². The molecule has 0 saturated heterocycles. The first-order chi connectivity index (χ1) is 36.8. The molecule has 9 rings (SSSR count). The SMILES string of the molecule is [2H]c1cc2c(oc3c(-c4ccc(C([2H])([2H])C([2H])([2H])c5cc(C([2H])([2H])C([2H])([2H])c6cnc(-c7[c-]cccc7)cc6C([2H])(C)C)cc(C([2H])([2H])C([2H])([2H])c6cnc(-c7[c-]cccc7)cc6C([2H])(C)C)c5)cn4)[c-]ccc32)c([2H])c1C#N.[Ir+3]. The maximum absolute atomic E-state index is 9.70. The largest absolute Gasteiger partial charge is 3.00 e. The average molecular weight is 1030 g/mol. The zero-order chi connectivity index (χ0) is 57.6. The molecule has 0 radical (unpaired) electrons. The summed E-state index contributed by atoms with van der Waals surface area (Å²) in [5.41, 5.74) is -0.920.